The highest BCUT2D eigenvalue weighted by Crippen LogP contribution is 2.44. The summed E-state index contributed by atoms with van der Waals surface area (Å²) in [5, 5.41) is 9.60. The monoisotopic (exact) mass is 340 g/mol. The molecule has 2 fully saturated rings. The maximum Gasteiger partial charge on any atom is 0.257 e. The molecule has 3 aliphatic rings. The molecule has 5 nitrogen and oxygen atoms in total. The SMILES string of the molecule is Cn1ncc2c3c(c(=O)n([C@]4(C5CCC5)CCCCN4)c21)CCCC3. The summed E-state index contributed by atoms with van der Waals surface area (Å²) in [6.07, 6.45) is 13.5. The van der Waals surface area contributed by atoms with Gasteiger partial charge in [-0.25, -0.2) is 0 Å². The molecular weight excluding hydrogens is 312 g/mol. The molecule has 5 heteroatoms. The maximum absolute atomic E-state index is 13.7. The Morgan fingerprint density at radius 2 is 1.92 bits per heavy atom. The Labute approximate surface area is 148 Å². The first-order valence-electron chi connectivity index (χ1n) is 10.1. The minimum atomic E-state index is -0.202. The van der Waals surface area contributed by atoms with E-state index in [0.29, 0.717) is 5.92 Å². The summed E-state index contributed by atoms with van der Waals surface area (Å²) in [6, 6.07) is 0. The Kier molecular flexibility index (Phi) is 3.56. The van der Waals surface area contributed by atoms with Gasteiger partial charge in [0, 0.05) is 18.0 Å². The predicted molar refractivity (Wildman–Crippen MR) is 98.8 cm³/mol. The standard InChI is InChI=1S/C20H28N4O/c1-23-18-17(13-22-23)15-9-2-3-10-16(15)19(25)24(18)20(14-7-6-8-14)11-4-5-12-21-20/h13-14,21H,2-12H2,1H3/t20-/m0/s1. The van der Waals surface area contributed by atoms with Crippen molar-refractivity contribution in [2.45, 2.75) is 69.9 Å². The Morgan fingerprint density at radius 1 is 1.12 bits per heavy atom. The lowest BCUT2D eigenvalue weighted by molar-refractivity contribution is 0.0283. The van der Waals surface area contributed by atoms with E-state index < -0.39 is 0 Å². The number of fused-ring (bicyclic) bond motifs is 3. The molecule has 1 saturated carbocycles. The van der Waals surface area contributed by atoms with Crippen LogP contribution in [-0.2, 0) is 25.6 Å². The van der Waals surface area contributed by atoms with Crippen molar-refractivity contribution >= 4 is 11.0 Å². The number of hydrogen-bond donors (Lipinski definition) is 1. The van der Waals surface area contributed by atoms with Crippen molar-refractivity contribution in [1.29, 1.82) is 0 Å². The van der Waals surface area contributed by atoms with Crippen LogP contribution in [0.2, 0.25) is 0 Å². The first-order valence-corrected chi connectivity index (χ1v) is 10.1. The van der Waals surface area contributed by atoms with Gasteiger partial charge < -0.3 is 0 Å². The van der Waals surface area contributed by atoms with Crippen LogP contribution in [0.5, 0.6) is 0 Å². The molecule has 1 aliphatic heterocycles. The molecular formula is C20H28N4O. The highest BCUT2D eigenvalue weighted by Gasteiger charge is 2.46. The summed E-state index contributed by atoms with van der Waals surface area (Å²) in [7, 11) is 1.99. The number of nitrogens with one attached hydrogen (secondary N) is 1. The van der Waals surface area contributed by atoms with Crippen LogP contribution in [0.3, 0.4) is 0 Å². The van der Waals surface area contributed by atoms with E-state index in [-0.39, 0.29) is 11.2 Å². The van der Waals surface area contributed by atoms with Gasteiger partial charge in [-0.1, -0.05) is 6.42 Å². The third-order valence-corrected chi connectivity index (χ3v) is 6.97. The summed E-state index contributed by atoms with van der Waals surface area (Å²) in [5.41, 5.74) is 3.43. The number of rotatable bonds is 2. The topological polar surface area (TPSA) is 51.9 Å². The van der Waals surface area contributed by atoms with Gasteiger partial charge >= 0.3 is 0 Å². The molecule has 1 saturated heterocycles. The lowest BCUT2D eigenvalue weighted by atomic mass is 9.71. The van der Waals surface area contributed by atoms with Crippen LogP contribution >= 0.6 is 0 Å². The van der Waals surface area contributed by atoms with Crippen molar-refractivity contribution in [3.05, 3.63) is 27.7 Å². The van der Waals surface area contributed by atoms with E-state index in [2.05, 4.69) is 15.0 Å². The normalized spacial score (nSPS) is 27.2. The van der Waals surface area contributed by atoms with E-state index >= 15 is 0 Å². The van der Waals surface area contributed by atoms with Crippen molar-refractivity contribution in [2.24, 2.45) is 13.0 Å². The van der Waals surface area contributed by atoms with Crippen molar-refractivity contribution in [3.8, 4) is 0 Å². The fraction of sp³-hybridized carbons (Fsp3) is 0.700. The second-order valence-corrected chi connectivity index (χ2v) is 8.25. The van der Waals surface area contributed by atoms with E-state index in [1.54, 1.807) is 0 Å². The molecule has 0 bridgehead atoms. The first-order chi connectivity index (χ1) is 12.2. The Bertz CT molecular complexity index is 868. The van der Waals surface area contributed by atoms with E-state index in [4.69, 9.17) is 0 Å². The van der Waals surface area contributed by atoms with Gasteiger partial charge in [-0.15, -0.1) is 0 Å². The summed E-state index contributed by atoms with van der Waals surface area (Å²) in [5.74, 6) is 0.574. The molecule has 2 aromatic heterocycles. The molecule has 0 unspecified atom stereocenters. The predicted octanol–water partition coefficient (Wildman–Crippen LogP) is 2.84. The Morgan fingerprint density at radius 3 is 2.60 bits per heavy atom. The van der Waals surface area contributed by atoms with Gasteiger partial charge in [-0.05, 0) is 75.8 Å². The molecule has 0 radical (unpaired) electrons. The van der Waals surface area contributed by atoms with Crippen LogP contribution < -0.4 is 10.9 Å². The van der Waals surface area contributed by atoms with Crippen molar-refractivity contribution in [2.75, 3.05) is 6.54 Å². The van der Waals surface area contributed by atoms with Crippen LogP contribution in [0.25, 0.3) is 11.0 Å². The van der Waals surface area contributed by atoms with Crippen LogP contribution in [0.15, 0.2) is 11.0 Å². The molecule has 2 aliphatic carbocycles. The largest absolute Gasteiger partial charge is 0.294 e. The first kappa shape index (κ1) is 15.6. The molecule has 1 atom stereocenters. The van der Waals surface area contributed by atoms with E-state index in [0.717, 1.165) is 43.4 Å². The molecule has 0 aromatic carbocycles. The molecule has 0 spiro atoms. The lowest BCUT2D eigenvalue weighted by Crippen LogP contribution is -2.61. The zero-order chi connectivity index (χ0) is 17.0. The van der Waals surface area contributed by atoms with Gasteiger partial charge in [0.15, 0.2) is 0 Å². The molecule has 0 amide bonds. The maximum atomic E-state index is 13.7. The van der Waals surface area contributed by atoms with Crippen molar-refractivity contribution in [3.63, 3.8) is 0 Å². The van der Waals surface area contributed by atoms with Crippen LogP contribution in [0, 0.1) is 5.92 Å². The van der Waals surface area contributed by atoms with Gasteiger partial charge in [0.2, 0.25) is 0 Å². The van der Waals surface area contributed by atoms with Gasteiger partial charge in [-0.2, -0.15) is 5.10 Å². The smallest absolute Gasteiger partial charge is 0.257 e. The zero-order valence-electron chi connectivity index (χ0n) is 15.2. The summed E-state index contributed by atoms with van der Waals surface area (Å²) in [6.45, 7) is 1.01. The minimum absolute atomic E-state index is 0.202. The molecule has 1 N–H and O–H groups in total. The van der Waals surface area contributed by atoms with E-state index in [9.17, 15) is 4.79 Å². The molecule has 25 heavy (non-hydrogen) atoms. The van der Waals surface area contributed by atoms with Crippen LogP contribution in [-0.4, -0.2) is 20.9 Å². The molecule has 2 aromatic rings. The van der Waals surface area contributed by atoms with E-state index in [1.807, 2.05) is 17.9 Å². The zero-order valence-corrected chi connectivity index (χ0v) is 15.2. The Balaban J connectivity index is 1.84. The van der Waals surface area contributed by atoms with Gasteiger partial charge in [0.1, 0.15) is 11.3 Å². The molecule has 5 rings (SSSR count). The third kappa shape index (κ3) is 2.11. The second-order valence-electron chi connectivity index (χ2n) is 8.25. The number of hydrogen-bond acceptors (Lipinski definition) is 3. The summed E-state index contributed by atoms with van der Waals surface area (Å²) in [4.78, 5) is 13.7. The average molecular weight is 340 g/mol. The molecule has 3 heterocycles. The number of pyridine rings is 1. The van der Waals surface area contributed by atoms with Crippen molar-refractivity contribution in [1.82, 2.24) is 19.7 Å². The average Bonchev–Trinajstić information content (AvgIpc) is 2.96. The van der Waals surface area contributed by atoms with Gasteiger partial charge in [0.05, 0.1) is 6.20 Å². The fourth-order valence-electron chi connectivity index (χ4n) is 5.47. The number of piperidine rings is 1. The summed E-state index contributed by atoms with van der Waals surface area (Å²) < 4.78 is 4.09. The highest BCUT2D eigenvalue weighted by atomic mass is 16.1. The number of nitrogens with zero attached hydrogens (tertiary/aromatic N) is 3. The van der Waals surface area contributed by atoms with Gasteiger partial charge in [-0.3, -0.25) is 19.4 Å². The lowest BCUT2D eigenvalue weighted by Gasteiger charge is -2.50. The highest BCUT2D eigenvalue weighted by molar-refractivity contribution is 5.81. The van der Waals surface area contributed by atoms with Gasteiger partial charge in [0.25, 0.3) is 5.56 Å². The van der Waals surface area contributed by atoms with Crippen LogP contribution in [0.4, 0.5) is 0 Å². The Hall–Kier alpha value is -1.62. The minimum Gasteiger partial charge on any atom is -0.294 e. The second kappa shape index (κ2) is 5.70. The summed E-state index contributed by atoms with van der Waals surface area (Å²) >= 11 is 0. The third-order valence-electron chi connectivity index (χ3n) is 6.97. The van der Waals surface area contributed by atoms with Crippen molar-refractivity contribution < 1.29 is 0 Å². The van der Waals surface area contributed by atoms with E-state index in [1.165, 1.54) is 49.5 Å². The quantitative estimate of drug-likeness (QED) is 0.915. The number of aromatic nitrogens is 3. The number of aryl methyl sites for hydroxylation is 2. The molecule has 134 valence electrons. The fourth-order valence-corrected chi connectivity index (χ4v) is 5.47. The van der Waals surface area contributed by atoms with Crippen LogP contribution in [0.1, 0.15) is 62.5 Å².